The van der Waals surface area contributed by atoms with E-state index < -0.39 is 5.97 Å². The van der Waals surface area contributed by atoms with Crippen molar-refractivity contribution in [1.82, 2.24) is 5.32 Å². The number of carbonyl (C=O) groups is 2. The monoisotopic (exact) mass is 373 g/mol. The molecule has 0 aliphatic heterocycles. The van der Waals surface area contributed by atoms with Crippen molar-refractivity contribution >= 4 is 11.9 Å². The summed E-state index contributed by atoms with van der Waals surface area (Å²) < 4.78 is 5.50. The van der Waals surface area contributed by atoms with E-state index in [2.05, 4.69) is 12.2 Å². The van der Waals surface area contributed by atoms with Crippen molar-refractivity contribution < 1.29 is 19.4 Å². The van der Waals surface area contributed by atoms with E-state index in [9.17, 15) is 9.59 Å². The Kier molecular flexibility index (Phi) is 6.08. The first-order valence-electron chi connectivity index (χ1n) is 10.1. The van der Waals surface area contributed by atoms with Crippen molar-refractivity contribution in [2.24, 2.45) is 11.8 Å². The summed E-state index contributed by atoms with van der Waals surface area (Å²) in [6.45, 7) is 5.78. The minimum Gasteiger partial charge on any atom is -0.482 e. The molecule has 2 unspecified atom stereocenters. The molecule has 0 spiro atoms. The summed E-state index contributed by atoms with van der Waals surface area (Å²) in [6.07, 6.45) is 7.48. The van der Waals surface area contributed by atoms with Gasteiger partial charge in [0.15, 0.2) is 6.61 Å². The average Bonchev–Trinajstić information content (AvgIpc) is 3.15. The van der Waals surface area contributed by atoms with Crippen LogP contribution in [0.15, 0.2) is 6.07 Å². The molecule has 1 aromatic rings. The highest BCUT2D eigenvalue weighted by Crippen LogP contribution is 2.37. The molecule has 2 aliphatic carbocycles. The lowest BCUT2D eigenvalue weighted by atomic mass is 9.74. The van der Waals surface area contributed by atoms with E-state index in [1.165, 1.54) is 24.0 Å². The number of carboxylic acids is 1. The second kappa shape index (κ2) is 8.32. The Balaban J connectivity index is 1.73. The van der Waals surface area contributed by atoms with Crippen LogP contribution in [0.1, 0.15) is 61.3 Å². The van der Waals surface area contributed by atoms with Crippen LogP contribution < -0.4 is 10.1 Å². The van der Waals surface area contributed by atoms with E-state index in [0.717, 1.165) is 43.2 Å². The average molecular weight is 373 g/mol. The fraction of sp³-hybridized carbons (Fsp3) is 0.636. The number of ether oxygens (including phenoxy) is 1. The number of rotatable bonds is 6. The Hall–Kier alpha value is -2.04. The van der Waals surface area contributed by atoms with Crippen LogP contribution in [0, 0.1) is 25.7 Å². The molecule has 0 heterocycles. The van der Waals surface area contributed by atoms with Crippen LogP contribution in [0.2, 0.25) is 0 Å². The molecule has 27 heavy (non-hydrogen) atoms. The summed E-state index contributed by atoms with van der Waals surface area (Å²) in [7, 11) is 0. The predicted octanol–water partition coefficient (Wildman–Crippen LogP) is 3.57. The molecule has 2 atom stereocenters. The first-order valence-corrected chi connectivity index (χ1v) is 10.1. The van der Waals surface area contributed by atoms with Crippen LogP contribution in [0.5, 0.6) is 5.75 Å². The number of benzene rings is 1. The number of amides is 1. The van der Waals surface area contributed by atoms with Gasteiger partial charge in [-0.1, -0.05) is 19.8 Å². The van der Waals surface area contributed by atoms with Crippen molar-refractivity contribution in [2.45, 2.75) is 71.8 Å². The van der Waals surface area contributed by atoms with E-state index in [-0.39, 0.29) is 18.4 Å². The number of nitrogens with one attached hydrogen (secondary N) is 1. The van der Waals surface area contributed by atoms with Crippen LogP contribution >= 0.6 is 0 Å². The van der Waals surface area contributed by atoms with E-state index in [1.807, 2.05) is 19.9 Å². The molecule has 1 saturated carbocycles. The van der Waals surface area contributed by atoms with Gasteiger partial charge in [-0.3, -0.25) is 4.79 Å². The molecular formula is C22H31NO4. The molecule has 0 bridgehead atoms. The third-order valence-corrected chi connectivity index (χ3v) is 6.41. The topological polar surface area (TPSA) is 75.6 Å². The lowest BCUT2D eigenvalue weighted by molar-refractivity contribution is -0.139. The fourth-order valence-corrected chi connectivity index (χ4v) is 4.66. The van der Waals surface area contributed by atoms with Gasteiger partial charge < -0.3 is 15.2 Å². The van der Waals surface area contributed by atoms with Gasteiger partial charge in [0.2, 0.25) is 5.91 Å². The van der Waals surface area contributed by atoms with Gasteiger partial charge in [0.25, 0.3) is 0 Å². The molecule has 0 saturated heterocycles. The van der Waals surface area contributed by atoms with E-state index in [0.29, 0.717) is 17.7 Å². The Morgan fingerprint density at radius 3 is 2.59 bits per heavy atom. The molecule has 5 heteroatoms. The maximum Gasteiger partial charge on any atom is 0.341 e. The third-order valence-electron chi connectivity index (χ3n) is 6.41. The smallest absolute Gasteiger partial charge is 0.341 e. The van der Waals surface area contributed by atoms with Crippen LogP contribution in [0.25, 0.3) is 0 Å². The van der Waals surface area contributed by atoms with Crippen molar-refractivity contribution in [3.8, 4) is 5.75 Å². The van der Waals surface area contributed by atoms with Gasteiger partial charge in [-0.05, 0) is 80.2 Å². The second-order valence-corrected chi connectivity index (χ2v) is 8.24. The first kappa shape index (κ1) is 19.7. The van der Waals surface area contributed by atoms with Crippen LogP contribution in [-0.2, 0) is 22.4 Å². The van der Waals surface area contributed by atoms with Gasteiger partial charge in [-0.15, -0.1) is 0 Å². The highest BCUT2D eigenvalue weighted by atomic mass is 16.5. The summed E-state index contributed by atoms with van der Waals surface area (Å²) in [4.78, 5) is 23.6. The lowest BCUT2D eigenvalue weighted by Gasteiger charge is -2.32. The zero-order chi connectivity index (χ0) is 19.6. The van der Waals surface area contributed by atoms with E-state index in [1.54, 1.807) is 0 Å². The Morgan fingerprint density at radius 1 is 1.22 bits per heavy atom. The van der Waals surface area contributed by atoms with Gasteiger partial charge in [0.05, 0.1) is 0 Å². The molecule has 1 aromatic carbocycles. The van der Waals surface area contributed by atoms with Crippen LogP contribution in [0.3, 0.4) is 0 Å². The van der Waals surface area contributed by atoms with Crippen LogP contribution in [0.4, 0.5) is 0 Å². The van der Waals surface area contributed by atoms with Gasteiger partial charge in [0.1, 0.15) is 5.75 Å². The maximum absolute atomic E-state index is 12.7. The van der Waals surface area contributed by atoms with Crippen molar-refractivity contribution in [1.29, 1.82) is 0 Å². The highest BCUT2D eigenvalue weighted by molar-refractivity contribution is 5.79. The standard InChI is InChI=1S/C22H31NO4/c1-13-10-20(27-12-21(24)25)15(3)19-11-16(8-9-18(13)19)14(2)22(26)23-17-6-4-5-7-17/h10,14,16-17H,4-9,11-12H2,1-3H3,(H,23,26)(H,24,25). The number of hydrogen-bond donors (Lipinski definition) is 2. The number of carboxylic acid groups (broad SMARTS) is 1. The Morgan fingerprint density at radius 2 is 1.93 bits per heavy atom. The molecule has 0 aromatic heterocycles. The molecule has 148 valence electrons. The number of aryl methyl sites for hydroxylation is 1. The van der Waals surface area contributed by atoms with Crippen LogP contribution in [-0.4, -0.2) is 29.6 Å². The number of aliphatic carboxylic acids is 1. The number of carbonyl (C=O) groups excluding carboxylic acids is 1. The summed E-state index contributed by atoms with van der Waals surface area (Å²) in [5.41, 5.74) is 4.75. The normalized spacial score (nSPS) is 20.8. The minimum absolute atomic E-state index is 0.0120. The lowest BCUT2D eigenvalue weighted by Crippen LogP contribution is -2.40. The Bertz CT molecular complexity index is 722. The van der Waals surface area contributed by atoms with Gasteiger partial charge in [0, 0.05) is 12.0 Å². The molecule has 0 radical (unpaired) electrons. The summed E-state index contributed by atoms with van der Waals surface area (Å²) in [5.74, 6) is 0.161. The third kappa shape index (κ3) is 4.45. The van der Waals surface area contributed by atoms with Gasteiger partial charge in [-0.25, -0.2) is 4.79 Å². The second-order valence-electron chi connectivity index (χ2n) is 8.24. The summed E-state index contributed by atoms with van der Waals surface area (Å²) in [5, 5.41) is 12.1. The SMILES string of the molecule is Cc1cc(OCC(=O)O)c(C)c2c1CCC(C(C)C(=O)NC1CCCC1)C2. The minimum atomic E-state index is -0.972. The van der Waals surface area contributed by atoms with E-state index >= 15 is 0 Å². The molecule has 5 nitrogen and oxygen atoms in total. The maximum atomic E-state index is 12.7. The molecular weight excluding hydrogens is 342 g/mol. The predicted molar refractivity (Wildman–Crippen MR) is 104 cm³/mol. The highest BCUT2D eigenvalue weighted by Gasteiger charge is 2.31. The summed E-state index contributed by atoms with van der Waals surface area (Å²) >= 11 is 0. The van der Waals surface area contributed by atoms with Crippen molar-refractivity contribution in [3.05, 3.63) is 28.3 Å². The Labute approximate surface area is 161 Å². The largest absolute Gasteiger partial charge is 0.482 e. The van der Waals surface area contributed by atoms with Crippen molar-refractivity contribution in [2.75, 3.05) is 6.61 Å². The van der Waals surface area contributed by atoms with Gasteiger partial charge in [-0.2, -0.15) is 0 Å². The zero-order valence-corrected chi connectivity index (χ0v) is 16.6. The van der Waals surface area contributed by atoms with Gasteiger partial charge >= 0.3 is 5.97 Å². The van der Waals surface area contributed by atoms with Crippen molar-refractivity contribution in [3.63, 3.8) is 0 Å². The zero-order valence-electron chi connectivity index (χ0n) is 16.6. The molecule has 1 amide bonds. The summed E-state index contributed by atoms with van der Waals surface area (Å²) in [6, 6.07) is 2.31. The molecule has 1 fully saturated rings. The van der Waals surface area contributed by atoms with E-state index in [4.69, 9.17) is 9.84 Å². The molecule has 3 rings (SSSR count). The fourth-order valence-electron chi connectivity index (χ4n) is 4.66. The quantitative estimate of drug-likeness (QED) is 0.799. The number of fused-ring (bicyclic) bond motifs is 1. The number of hydrogen-bond acceptors (Lipinski definition) is 3. The molecule has 2 aliphatic rings. The molecule has 2 N–H and O–H groups in total. The first-order chi connectivity index (χ1) is 12.9.